The molecule has 0 radical (unpaired) electrons. The minimum atomic E-state index is -2.01. The van der Waals surface area contributed by atoms with E-state index >= 15 is 0 Å². The van der Waals surface area contributed by atoms with Gasteiger partial charge in [0, 0.05) is 11.8 Å². The Balaban J connectivity index is 3.10. The molecule has 5 heteroatoms. The van der Waals surface area contributed by atoms with Gasteiger partial charge in [0.15, 0.2) is 0 Å². The highest BCUT2D eigenvalue weighted by atomic mass is 32.2. The van der Waals surface area contributed by atoms with Gasteiger partial charge in [-0.2, -0.15) is 8.42 Å². The lowest BCUT2D eigenvalue weighted by Crippen LogP contribution is -1.93. The Morgan fingerprint density at radius 1 is 0.938 bits per heavy atom. The first-order valence-corrected chi connectivity index (χ1v) is 6.90. The molecule has 0 aliphatic rings. The average Bonchev–Trinajstić information content (AvgIpc) is 2.20. The van der Waals surface area contributed by atoms with Crippen LogP contribution in [-0.4, -0.2) is 24.9 Å². The van der Waals surface area contributed by atoms with Crippen LogP contribution in [-0.2, 0) is 15.1 Å². The Kier molecular flexibility index (Phi) is 10.1. The fourth-order valence-corrected chi connectivity index (χ4v) is 1.84. The second-order valence-corrected chi connectivity index (χ2v) is 4.69. The summed E-state index contributed by atoms with van der Waals surface area (Å²) in [6.45, 7) is 0. The summed E-state index contributed by atoms with van der Waals surface area (Å²) in [5, 5.41) is 9.70. The second kappa shape index (κ2) is 10.7. The van der Waals surface area contributed by atoms with Crippen molar-refractivity contribution in [3.05, 3.63) is 0 Å². The van der Waals surface area contributed by atoms with Gasteiger partial charge in [0.05, 0.1) is 0 Å². The van der Waals surface area contributed by atoms with Gasteiger partial charge in [0.25, 0.3) is 0 Å². The predicted molar refractivity (Wildman–Crippen MR) is 64.2 cm³/mol. The standard InChI is InChI=1S/C11H20O4S/c12-11(13)9-7-5-3-1-2-4-6-8-10-16(14)15/h10H,1-9H2,(H,12,13). The summed E-state index contributed by atoms with van der Waals surface area (Å²) >= 11 is 0. The zero-order valence-corrected chi connectivity index (χ0v) is 10.3. The predicted octanol–water partition coefficient (Wildman–Crippen LogP) is 2.26. The minimum absolute atomic E-state index is 0.268. The molecule has 4 nitrogen and oxygen atoms in total. The van der Waals surface area contributed by atoms with Crippen molar-refractivity contribution in [3.8, 4) is 0 Å². The van der Waals surface area contributed by atoms with Crippen LogP contribution in [0.4, 0.5) is 0 Å². The van der Waals surface area contributed by atoms with E-state index in [4.69, 9.17) is 5.11 Å². The maximum Gasteiger partial charge on any atom is 0.303 e. The van der Waals surface area contributed by atoms with Crippen molar-refractivity contribution in [2.24, 2.45) is 0 Å². The molecule has 16 heavy (non-hydrogen) atoms. The van der Waals surface area contributed by atoms with Crippen molar-refractivity contribution in [1.29, 1.82) is 0 Å². The van der Waals surface area contributed by atoms with Crippen LogP contribution in [0.1, 0.15) is 57.8 Å². The topological polar surface area (TPSA) is 71.4 Å². The summed E-state index contributed by atoms with van der Waals surface area (Å²) in [6, 6.07) is 0. The number of rotatable bonds is 10. The van der Waals surface area contributed by atoms with E-state index in [-0.39, 0.29) is 6.42 Å². The first kappa shape index (κ1) is 15.2. The minimum Gasteiger partial charge on any atom is -0.481 e. The van der Waals surface area contributed by atoms with Crippen LogP contribution in [0.25, 0.3) is 0 Å². The highest BCUT2D eigenvalue weighted by molar-refractivity contribution is 7.71. The number of hydrogen-bond donors (Lipinski definition) is 1. The van der Waals surface area contributed by atoms with E-state index in [2.05, 4.69) is 0 Å². The number of hydrogen-bond acceptors (Lipinski definition) is 3. The number of carbonyl (C=O) groups is 1. The molecule has 0 bridgehead atoms. The van der Waals surface area contributed by atoms with Gasteiger partial charge in [0.2, 0.25) is 10.3 Å². The van der Waals surface area contributed by atoms with E-state index in [1.54, 1.807) is 0 Å². The zero-order chi connectivity index (χ0) is 12.2. The third kappa shape index (κ3) is 13.2. The summed E-state index contributed by atoms with van der Waals surface area (Å²) in [5.41, 5.74) is 0. The molecule has 0 rings (SSSR count). The lowest BCUT2D eigenvalue weighted by molar-refractivity contribution is -0.137. The molecule has 0 atom stereocenters. The van der Waals surface area contributed by atoms with Crippen LogP contribution in [0.2, 0.25) is 0 Å². The lowest BCUT2D eigenvalue weighted by atomic mass is 10.1. The molecule has 0 spiro atoms. The van der Waals surface area contributed by atoms with Crippen molar-refractivity contribution < 1.29 is 18.3 Å². The van der Waals surface area contributed by atoms with Crippen molar-refractivity contribution in [1.82, 2.24) is 0 Å². The molecule has 1 N–H and O–H groups in total. The molecule has 0 aromatic carbocycles. The van der Waals surface area contributed by atoms with E-state index in [9.17, 15) is 13.2 Å². The normalized spacial score (nSPS) is 10.0. The smallest absolute Gasteiger partial charge is 0.303 e. The molecule has 0 aliphatic heterocycles. The molecule has 0 amide bonds. The fraction of sp³-hybridized carbons (Fsp3) is 0.818. The van der Waals surface area contributed by atoms with Gasteiger partial charge < -0.3 is 5.11 Å². The molecule has 0 aliphatic carbocycles. The number of carboxylic acid groups (broad SMARTS) is 1. The van der Waals surface area contributed by atoms with Gasteiger partial charge in [-0.1, -0.05) is 32.1 Å². The summed E-state index contributed by atoms with van der Waals surface area (Å²) in [5.74, 6) is -0.721. The summed E-state index contributed by atoms with van der Waals surface area (Å²) in [6.07, 6.45) is 7.90. The third-order valence-electron chi connectivity index (χ3n) is 2.35. The Morgan fingerprint density at radius 2 is 1.44 bits per heavy atom. The van der Waals surface area contributed by atoms with Crippen LogP contribution >= 0.6 is 0 Å². The van der Waals surface area contributed by atoms with Crippen LogP contribution in [0.5, 0.6) is 0 Å². The van der Waals surface area contributed by atoms with Crippen molar-refractivity contribution in [2.45, 2.75) is 57.8 Å². The van der Waals surface area contributed by atoms with E-state index < -0.39 is 16.3 Å². The lowest BCUT2D eigenvalue weighted by Gasteiger charge is -1.99. The summed E-state index contributed by atoms with van der Waals surface area (Å²) in [7, 11) is -2.01. The number of unbranched alkanes of at least 4 members (excludes halogenated alkanes) is 7. The van der Waals surface area contributed by atoms with Gasteiger partial charge in [-0.15, -0.1) is 0 Å². The van der Waals surface area contributed by atoms with Gasteiger partial charge >= 0.3 is 5.97 Å². The van der Waals surface area contributed by atoms with Crippen LogP contribution in [0.15, 0.2) is 0 Å². The Hall–Kier alpha value is -0.840. The van der Waals surface area contributed by atoms with E-state index in [1.165, 1.54) is 5.37 Å². The van der Waals surface area contributed by atoms with Crippen LogP contribution < -0.4 is 0 Å². The Morgan fingerprint density at radius 3 is 1.94 bits per heavy atom. The van der Waals surface area contributed by atoms with Gasteiger partial charge in [-0.3, -0.25) is 4.79 Å². The third-order valence-corrected chi connectivity index (χ3v) is 2.86. The molecule has 0 aromatic heterocycles. The zero-order valence-electron chi connectivity index (χ0n) is 9.52. The second-order valence-electron chi connectivity index (χ2n) is 3.83. The summed E-state index contributed by atoms with van der Waals surface area (Å²) in [4.78, 5) is 10.2. The molecule has 0 saturated carbocycles. The van der Waals surface area contributed by atoms with Gasteiger partial charge in [-0.25, -0.2) is 0 Å². The van der Waals surface area contributed by atoms with E-state index in [1.807, 2.05) is 0 Å². The molecule has 0 heterocycles. The fourth-order valence-electron chi connectivity index (χ4n) is 1.48. The van der Waals surface area contributed by atoms with Crippen molar-refractivity contribution in [3.63, 3.8) is 0 Å². The molecule has 0 aromatic rings. The average molecular weight is 248 g/mol. The van der Waals surface area contributed by atoms with E-state index in [0.717, 1.165) is 44.9 Å². The molecule has 0 unspecified atom stereocenters. The quantitative estimate of drug-likeness (QED) is 0.475. The van der Waals surface area contributed by atoms with Gasteiger partial charge in [-0.05, 0) is 19.3 Å². The van der Waals surface area contributed by atoms with Crippen LogP contribution in [0.3, 0.4) is 0 Å². The van der Waals surface area contributed by atoms with Crippen molar-refractivity contribution in [2.75, 3.05) is 0 Å². The van der Waals surface area contributed by atoms with E-state index in [0.29, 0.717) is 6.42 Å². The molecule has 0 saturated heterocycles. The first-order chi connectivity index (χ1) is 7.63. The van der Waals surface area contributed by atoms with Crippen LogP contribution in [0, 0.1) is 0 Å². The SMILES string of the molecule is O=C(O)CCCCCCCCCC=S(=O)=O. The van der Waals surface area contributed by atoms with Crippen molar-refractivity contribution >= 4 is 21.6 Å². The Bertz CT molecular complexity index is 298. The highest BCUT2D eigenvalue weighted by Gasteiger charge is 1.96. The molecular formula is C11H20O4S. The summed E-state index contributed by atoms with van der Waals surface area (Å²) < 4.78 is 20.3. The largest absolute Gasteiger partial charge is 0.481 e. The highest BCUT2D eigenvalue weighted by Crippen LogP contribution is 2.09. The maximum atomic E-state index is 10.2. The Labute approximate surface area is 98.2 Å². The number of aliphatic carboxylic acids is 1. The van der Waals surface area contributed by atoms with Gasteiger partial charge in [0.1, 0.15) is 0 Å². The molecule has 94 valence electrons. The first-order valence-electron chi connectivity index (χ1n) is 5.76. The molecular weight excluding hydrogens is 228 g/mol. The maximum absolute atomic E-state index is 10.2. The number of carboxylic acids is 1. The molecule has 0 fully saturated rings. The monoisotopic (exact) mass is 248 g/mol.